The molecule has 2 bridgehead atoms. The lowest BCUT2D eigenvalue weighted by Crippen LogP contribution is -2.38. The Kier molecular flexibility index (Phi) is 4.10. The molecule has 1 heterocycles. The van der Waals surface area contributed by atoms with E-state index in [-0.39, 0.29) is 0 Å². The highest BCUT2D eigenvalue weighted by atomic mass is 32.1. The van der Waals surface area contributed by atoms with Gasteiger partial charge in [-0.15, -0.1) is 11.3 Å². The van der Waals surface area contributed by atoms with Gasteiger partial charge in [-0.05, 0) is 86.3 Å². The van der Waals surface area contributed by atoms with Crippen LogP contribution in [0.5, 0.6) is 0 Å². The van der Waals surface area contributed by atoms with Crippen molar-refractivity contribution in [2.45, 2.75) is 70.3 Å². The first-order valence-corrected chi connectivity index (χ1v) is 10.0. The molecule has 0 aromatic carbocycles. The molecule has 3 aliphatic carbocycles. The first kappa shape index (κ1) is 14.3. The molecule has 0 saturated heterocycles. The van der Waals surface area contributed by atoms with Crippen molar-refractivity contribution >= 4 is 11.3 Å². The second-order valence-corrected chi connectivity index (χ2v) is 8.63. The summed E-state index contributed by atoms with van der Waals surface area (Å²) in [6, 6.07) is 3.16. The lowest BCUT2D eigenvalue weighted by Gasteiger charge is -2.35. The van der Waals surface area contributed by atoms with E-state index < -0.39 is 0 Å². The standard InChI is InChI=1S/C19H29NS/c1-2-20-18(12-15-11-13-6-7-14(15)10-13)16-4-3-5-19-17(16)8-9-21-19/h8-9,13-16,18,20H,2-7,10-12H2,1H3. The third kappa shape index (κ3) is 2.70. The normalized spacial score (nSPS) is 35.9. The average molecular weight is 304 g/mol. The van der Waals surface area contributed by atoms with Gasteiger partial charge < -0.3 is 5.32 Å². The molecule has 3 aliphatic rings. The van der Waals surface area contributed by atoms with Gasteiger partial charge in [-0.2, -0.15) is 0 Å². The second-order valence-electron chi connectivity index (χ2n) is 7.63. The van der Waals surface area contributed by atoms with Gasteiger partial charge in [0.15, 0.2) is 0 Å². The largest absolute Gasteiger partial charge is 0.314 e. The first-order valence-electron chi connectivity index (χ1n) is 9.14. The molecule has 1 nitrogen and oxygen atoms in total. The Morgan fingerprint density at radius 1 is 1.29 bits per heavy atom. The van der Waals surface area contributed by atoms with Crippen LogP contribution in [0, 0.1) is 17.8 Å². The molecule has 0 spiro atoms. The highest BCUT2D eigenvalue weighted by Crippen LogP contribution is 2.51. The number of thiophene rings is 1. The van der Waals surface area contributed by atoms with Crippen molar-refractivity contribution < 1.29 is 0 Å². The molecule has 1 aromatic rings. The molecule has 0 aliphatic heterocycles. The molecular formula is C19H29NS. The van der Waals surface area contributed by atoms with E-state index in [1.807, 2.05) is 11.3 Å². The second kappa shape index (κ2) is 6.04. The van der Waals surface area contributed by atoms with Crippen LogP contribution in [0.25, 0.3) is 0 Å². The Labute approximate surface area is 133 Å². The molecule has 2 heteroatoms. The fourth-order valence-electron chi connectivity index (χ4n) is 5.58. The Balaban J connectivity index is 1.50. The SMILES string of the molecule is CCNC(CC1CC2CCC1C2)C1CCCc2sccc21. The summed E-state index contributed by atoms with van der Waals surface area (Å²) in [4.78, 5) is 1.68. The number of hydrogen-bond donors (Lipinski definition) is 1. The monoisotopic (exact) mass is 303 g/mol. The Hall–Kier alpha value is -0.340. The van der Waals surface area contributed by atoms with E-state index in [0.29, 0.717) is 0 Å². The van der Waals surface area contributed by atoms with E-state index in [1.54, 1.807) is 16.9 Å². The Morgan fingerprint density at radius 3 is 3.00 bits per heavy atom. The van der Waals surface area contributed by atoms with Crippen LogP contribution in [-0.2, 0) is 6.42 Å². The van der Waals surface area contributed by atoms with Crippen LogP contribution in [0.3, 0.4) is 0 Å². The number of fused-ring (bicyclic) bond motifs is 3. The summed E-state index contributed by atoms with van der Waals surface area (Å²) in [5, 5.41) is 6.20. The minimum absolute atomic E-state index is 0.730. The zero-order chi connectivity index (χ0) is 14.2. The van der Waals surface area contributed by atoms with Crippen LogP contribution in [0.2, 0.25) is 0 Å². The summed E-state index contributed by atoms with van der Waals surface area (Å²) >= 11 is 1.99. The van der Waals surface area contributed by atoms with Gasteiger partial charge in [0.05, 0.1) is 0 Å². The zero-order valence-electron chi connectivity index (χ0n) is 13.3. The van der Waals surface area contributed by atoms with E-state index >= 15 is 0 Å². The molecule has 2 fully saturated rings. The fraction of sp³-hybridized carbons (Fsp3) is 0.789. The van der Waals surface area contributed by atoms with Crippen LogP contribution in [0.15, 0.2) is 11.4 Å². The summed E-state index contributed by atoms with van der Waals surface area (Å²) in [5.74, 6) is 3.97. The van der Waals surface area contributed by atoms with E-state index in [9.17, 15) is 0 Å². The van der Waals surface area contributed by atoms with Crippen molar-refractivity contribution in [3.63, 3.8) is 0 Å². The molecule has 5 atom stereocenters. The third-order valence-corrected chi connectivity index (χ3v) is 7.49. The van der Waals surface area contributed by atoms with Crippen molar-refractivity contribution in [1.82, 2.24) is 5.32 Å². The number of aryl methyl sites for hydroxylation is 1. The molecule has 0 amide bonds. The topological polar surface area (TPSA) is 12.0 Å². The molecule has 5 unspecified atom stereocenters. The van der Waals surface area contributed by atoms with E-state index in [0.717, 1.165) is 36.3 Å². The fourth-order valence-corrected chi connectivity index (χ4v) is 6.58. The maximum absolute atomic E-state index is 3.87. The lowest BCUT2D eigenvalue weighted by molar-refractivity contribution is 0.254. The van der Waals surface area contributed by atoms with Crippen LogP contribution < -0.4 is 5.32 Å². The van der Waals surface area contributed by atoms with Crippen LogP contribution in [-0.4, -0.2) is 12.6 Å². The highest BCUT2D eigenvalue weighted by Gasteiger charge is 2.41. The summed E-state index contributed by atoms with van der Waals surface area (Å²) in [5.41, 5.74) is 1.69. The molecule has 1 N–H and O–H groups in total. The molecule has 0 radical (unpaired) electrons. The number of nitrogens with one attached hydrogen (secondary N) is 1. The van der Waals surface area contributed by atoms with E-state index in [4.69, 9.17) is 0 Å². The smallest absolute Gasteiger partial charge is 0.0139 e. The van der Waals surface area contributed by atoms with Gasteiger partial charge in [-0.3, -0.25) is 0 Å². The van der Waals surface area contributed by atoms with Crippen LogP contribution >= 0.6 is 11.3 Å². The predicted molar refractivity (Wildman–Crippen MR) is 91.0 cm³/mol. The van der Waals surface area contributed by atoms with Gasteiger partial charge in [-0.25, -0.2) is 0 Å². The van der Waals surface area contributed by atoms with Gasteiger partial charge in [0.25, 0.3) is 0 Å². The predicted octanol–water partition coefficient (Wildman–Crippen LogP) is 4.97. The number of hydrogen-bond acceptors (Lipinski definition) is 2. The molecule has 21 heavy (non-hydrogen) atoms. The molecule has 2 saturated carbocycles. The lowest BCUT2D eigenvalue weighted by atomic mass is 9.76. The Morgan fingerprint density at radius 2 is 2.24 bits per heavy atom. The molecule has 4 rings (SSSR count). The quantitative estimate of drug-likeness (QED) is 0.809. The highest BCUT2D eigenvalue weighted by molar-refractivity contribution is 7.10. The van der Waals surface area contributed by atoms with Gasteiger partial charge in [0, 0.05) is 16.8 Å². The van der Waals surface area contributed by atoms with Crippen molar-refractivity contribution in [1.29, 1.82) is 0 Å². The van der Waals surface area contributed by atoms with Crippen LogP contribution in [0.4, 0.5) is 0 Å². The van der Waals surface area contributed by atoms with E-state index in [2.05, 4.69) is 23.7 Å². The van der Waals surface area contributed by atoms with E-state index in [1.165, 1.54) is 44.9 Å². The number of likely N-dealkylation sites (N-methyl/N-ethyl adjacent to an activating group) is 1. The third-order valence-electron chi connectivity index (χ3n) is 6.49. The van der Waals surface area contributed by atoms with Gasteiger partial charge in [0.2, 0.25) is 0 Å². The maximum Gasteiger partial charge on any atom is 0.0139 e. The first-order chi connectivity index (χ1) is 10.3. The van der Waals surface area contributed by atoms with Crippen molar-refractivity contribution in [3.05, 3.63) is 21.9 Å². The molecule has 116 valence electrons. The summed E-state index contributed by atoms with van der Waals surface area (Å²) in [7, 11) is 0. The van der Waals surface area contributed by atoms with Crippen molar-refractivity contribution in [2.75, 3.05) is 6.54 Å². The van der Waals surface area contributed by atoms with Crippen molar-refractivity contribution in [3.8, 4) is 0 Å². The summed E-state index contributed by atoms with van der Waals surface area (Å²) in [6.45, 7) is 3.41. The van der Waals surface area contributed by atoms with Gasteiger partial charge in [0.1, 0.15) is 0 Å². The average Bonchev–Trinajstić information content (AvgIpc) is 3.22. The number of rotatable bonds is 5. The van der Waals surface area contributed by atoms with Crippen LogP contribution in [0.1, 0.15) is 68.2 Å². The Bertz CT molecular complexity index is 480. The minimum Gasteiger partial charge on any atom is -0.314 e. The van der Waals surface area contributed by atoms with Crippen molar-refractivity contribution in [2.24, 2.45) is 17.8 Å². The summed E-state index contributed by atoms with van der Waals surface area (Å²) < 4.78 is 0. The summed E-state index contributed by atoms with van der Waals surface area (Å²) in [6.07, 6.45) is 11.7. The van der Waals surface area contributed by atoms with Gasteiger partial charge >= 0.3 is 0 Å². The maximum atomic E-state index is 3.87. The molecular weight excluding hydrogens is 274 g/mol. The minimum atomic E-state index is 0.730. The molecule has 1 aromatic heterocycles. The van der Waals surface area contributed by atoms with Gasteiger partial charge in [-0.1, -0.05) is 13.3 Å². The zero-order valence-corrected chi connectivity index (χ0v) is 14.1.